The minimum absolute atomic E-state index is 0.125. The van der Waals surface area contributed by atoms with Gasteiger partial charge >= 0.3 is 11.9 Å². The van der Waals surface area contributed by atoms with E-state index in [1.165, 1.54) is 0 Å². The lowest BCUT2D eigenvalue weighted by atomic mass is 10.1. The van der Waals surface area contributed by atoms with Crippen LogP contribution in [0.15, 0.2) is 60.7 Å². The number of benzene rings is 2. The molecule has 0 saturated carbocycles. The molecule has 2 rings (SSSR count). The minimum Gasteiger partial charge on any atom is -0.462 e. The number of carbonyl (C=O) groups excluding carboxylic acids is 2. The Labute approximate surface area is 148 Å². The van der Waals surface area contributed by atoms with E-state index in [1.807, 2.05) is 43.3 Å². The van der Waals surface area contributed by atoms with Gasteiger partial charge in [-0.15, -0.1) is 0 Å². The second-order valence-corrected chi connectivity index (χ2v) is 5.93. The molecular weight excluding hydrogens is 316 g/mol. The van der Waals surface area contributed by atoms with Crippen molar-refractivity contribution in [1.82, 2.24) is 0 Å². The highest BCUT2D eigenvalue weighted by Gasteiger charge is 2.11. The number of unbranched alkanes of at least 4 members (excludes halogenated alkanes) is 2. The Kier molecular flexibility index (Phi) is 7.70. The molecule has 0 saturated heterocycles. The van der Waals surface area contributed by atoms with Gasteiger partial charge < -0.3 is 9.47 Å². The molecule has 4 nitrogen and oxygen atoms in total. The van der Waals surface area contributed by atoms with Gasteiger partial charge in [-0.3, -0.25) is 0 Å². The van der Waals surface area contributed by atoms with Crippen LogP contribution in [0, 0.1) is 0 Å². The Morgan fingerprint density at radius 2 is 1.36 bits per heavy atom. The Hall–Kier alpha value is -2.62. The lowest BCUT2D eigenvalue weighted by Crippen LogP contribution is -2.15. The van der Waals surface area contributed by atoms with Crippen molar-refractivity contribution < 1.29 is 19.1 Å². The lowest BCUT2D eigenvalue weighted by Gasteiger charge is -2.13. The topological polar surface area (TPSA) is 52.6 Å². The maximum absolute atomic E-state index is 11.9. The summed E-state index contributed by atoms with van der Waals surface area (Å²) in [4.78, 5) is 23.7. The Morgan fingerprint density at radius 3 is 1.96 bits per heavy atom. The molecule has 0 N–H and O–H groups in total. The van der Waals surface area contributed by atoms with E-state index in [4.69, 9.17) is 9.47 Å². The zero-order valence-corrected chi connectivity index (χ0v) is 14.5. The van der Waals surface area contributed by atoms with Gasteiger partial charge in [0, 0.05) is 0 Å². The smallest absolute Gasteiger partial charge is 0.338 e. The first-order chi connectivity index (χ1) is 12.2. The zero-order valence-electron chi connectivity index (χ0n) is 14.5. The van der Waals surface area contributed by atoms with Gasteiger partial charge in [-0.05, 0) is 56.9 Å². The molecule has 0 aromatic heterocycles. The van der Waals surface area contributed by atoms with Crippen molar-refractivity contribution in [2.75, 3.05) is 6.61 Å². The van der Waals surface area contributed by atoms with Gasteiger partial charge in [0.1, 0.15) is 0 Å². The minimum atomic E-state index is -0.287. The molecule has 0 aliphatic heterocycles. The largest absolute Gasteiger partial charge is 0.462 e. The average molecular weight is 340 g/mol. The van der Waals surface area contributed by atoms with Crippen LogP contribution < -0.4 is 0 Å². The molecule has 1 atom stereocenters. The molecule has 4 heteroatoms. The van der Waals surface area contributed by atoms with E-state index < -0.39 is 0 Å². The summed E-state index contributed by atoms with van der Waals surface area (Å²) < 4.78 is 10.6. The van der Waals surface area contributed by atoms with Crippen molar-refractivity contribution in [3.8, 4) is 0 Å². The quantitative estimate of drug-likeness (QED) is 0.492. The molecule has 0 aliphatic rings. The average Bonchev–Trinajstić information content (AvgIpc) is 2.65. The highest BCUT2D eigenvalue weighted by atomic mass is 16.5. The van der Waals surface area contributed by atoms with Crippen molar-refractivity contribution >= 4 is 11.9 Å². The number of hydrogen-bond donors (Lipinski definition) is 0. The summed E-state index contributed by atoms with van der Waals surface area (Å²) in [7, 11) is 0. The maximum atomic E-state index is 11.9. The summed E-state index contributed by atoms with van der Waals surface area (Å²) in [5.41, 5.74) is 1.14. The third kappa shape index (κ3) is 6.79. The summed E-state index contributed by atoms with van der Waals surface area (Å²) in [6.45, 7) is 2.31. The van der Waals surface area contributed by atoms with Gasteiger partial charge in [-0.25, -0.2) is 9.59 Å². The molecular formula is C21H24O4. The van der Waals surface area contributed by atoms with E-state index in [0.29, 0.717) is 17.7 Å². The maximum Gasteiger partial charge on any atom is 0.338 e. The molecule has 0 fully saturated rings. The second kappa shape index (κ2) is 10.3. The van der Waals surface area contributed by atoms with Crippen LogP contribution in [0.4, 0.5) is 0 Å². The van der Waals surface area contributed by atoms with Crippen molar-refractivity contribution in [2.24, 2.45) is 0 Å². The highest BCUT2D eigenvalue weighted by Crippen LogP contribution is 2.10. The molecule has 0 heterocycles. The van der Waals surface area contributed by atoms with Crippen LogP contribution in [-0.4, -0.2) is 24.6 Å². The third-order valence-electron chi connectivity index (χ3n) is 3.82. The van der Waals surface area contributed by atoms with Crippen molar-refractivity contribution in [2.45, 2.75) is 38.7 Å². The summed E-state index contributed by atoms with van der Waals surface area (Å²) >= 11 is 0. The predicted molar refractivity (Wildman–Crippen MR) is 96.5 cm³/mol. The van der Waals surface area contributed by atoms with E-state index in [9.17, 15) is 9.59 Å². The molecule has 0 radical (unpaired) electrons. The number of ether oxygens (including phenoxy) is 2. The lowest BCUT2D eigenvalue weighted by molar-refractivity contribution is 0.0314. The van der Waals surface area contributed by atoms with Crippen LogP contribution in [0.2, 0.25) is 0 Å². The number of rotatable bonds is 9. The van der Waals surface area contributed by atoms with Crippen molar-refractivity contribution in [3.63, 3.8) is 0 Å². The fraction of sp³-hybridized carbons (Fsp3) is 0.333. The van der Waals surface area contributed by atoms with Crippen LogP contribution in [-0.2, 0) is 9.47 Å². The fourth-order valence-corrected chi connectivity index (χ4v) is 2.42. The molecule has 0 amide bonds. The first-order valence-electron chi connectivity index (χ1n) is 8.65. The SMILES string of the molecule is CC(CCCCCOC(=O)c1ccccc1)OC(=O)c1ccccc1. The van der Waals surface area contributed by atoms with E-state index in [-0.39, 0.29) is 18.0 Å². The van der Waals surface area contributed by atoms with E-state index in [0.717, 1.165) is 25.7 Å². The van der Waals surface area contributed by atoms with E-state index in [2.05, 4.69) is 0 Å². The standard InChI is InChI=1S/C21H24O4/c1-17(25-21(23)19-14-8-3-9-15-19)11-5-4-10-16-24-20(22)18-12-6-2-7-13-18/h2-3,6-9,12-15,17H,4-5,10-11,16H2,1H3. The van der Waals surface area contributed by atoms with Crippen LogP contribution in [0.5, 0.6) is 0 Å². The summed E-state index contributed by atoms with van der Waals surface area (Å²) in [5.74, 6) is -0.573. The summed E-state index contributed by atoms with van der Waals surface area (Å²) in [6.07, 6.45) is 3.32. The second-order valence-electron chi connectivity index (χ2n) is 5.93. The van der Waals surface area contributed by atoms with Crippen LogP contribution >= 0.6 is 0 Å². The molecule has 0 bridgehead atoms. The van der Waals surface area contributed by atoms with Gasteiger partial charge in [0.25, 0.3) is 0 Å². The first-order valence-corrected chi connectivity index (χ1v) is 8.65. The van der Waals surface area contributed by atoms with E-state index >= 15 is 0 Å². The first kappa shape index (κ1) is 18.7. The third-order valence-corrected chi connectivity index (χ3v) is 3.82. The van der Waals surface area contributed by atoms with Gasteiger partial charge in [0.15, 0.2) is 0 Å². The Balaban J connectivity index is 1.55. The normalized spacial score (nSPS) is 11.6. The van der Waals surface area contributed by atoms with Gasteiger partial charge in [0.2, 0.25) is 0 Å². The van der Waals surface area contributed by atoms with Crippen LogP contribution in [0.25, 0.3) is 0 Å². The van der Waals surface area contributed by atoms with Gasteiger partial charge in [-0.1, -0.05) is 36.4 Å². The fourth-order valence-electron chi connectivity index (χ4n) is 2.42. The van der Waals surface area contributed by atoms with Gasteiger partial charge in [-0.2, -0.15) is 0 Å². The molecule has 25 heavy (non-hydrogen) atoms. The van der Waals surface area contributed by atoms with Crippen molar-refractivity contribution in [1.29, 1.82) is 0 Å². The Bertz CT molecular complexity index is 652. The molecule has 1 unspecified atom stereocenters. The number of esters is 2. The number of hydrogen-bond acceptors (Lipinski definition) is 4. The number of carbonyl (C=O) groups is 2. The molecule has 2 aromatic rings. The highest BCUT2D eigenvalue weighted by molar-refractivity contribution is 5.89. The monoisotopic (exact) mass is 340 g/mol. The van der Waals surface area contributed by atoms with Crippen molar-refractivity contribution in [3.05, 3.63) is 71.8 Å². The summed E-state index contributed by atoms with van der Waals surface area (Å²) in [6, 6.07) is 18.0. The molecule has 0 spiro atoms. The molecule has 0 aliphatic carbocycles. The predicted octanol–water partition coefficient (Wildman–Crippen LogP) is 4.65. The van der Waals surface area contributed by atoms with E-state index in [1.54, 1.807) is 24.3 Å². The van der Waals surface area contributed by atoms with Crippen LogP contribution in [0.3, 0.4) is 0 Å². The Morgan fingerprint density at radius 1 is 0.800 bits per heavy atom. The van der Waals surface area contributed by atoms with Gasteiger partial charge in [0.05, 0.1) is 23.8 Å². The molecule has 132 valence electrons. The zero-order chi connectivity index (χ0) is 17.9. The van der Waals surface area contributed by atoms with Crippen LogP contribution in [0.1, 0.15) is 53.3 Å². The summed E-state index contributed by atoms with van der Waals surface area (Å²) in [5, 5.41) is 0. The molecule has 2 aromatic carbocycles.